The molecule has 0 amide bonds. The summed E-state index contributed by atoms with van der Waals surface area (Å²) < 4.78 is 2.54. The topological polar surface area (TPSA) is 43.6 Å². The second-order valence-electron chi connectivity index (χ2n) is 5.00. The Morgan fingerprint density at radius 1 is 1.37 bits per heavy atom. The van der Waals surface area contributed by atoms with E-state index in [4.69, 9.17) is 11.6 Å². The van der Waals surface area contributed by atoms with E-state index in [1.165, 1.54) is 0 Å². The molecule has 0 bridgehead atoms. The van der Waals surface area contributed by atoms with Crippen LogP contribution in [0.5, 0.6) is 0 Å². The number of hydrogen-bond acceptors (Lipinski definition) is 3. The molecular formula is C13H16BrClN4. The third kappa shape index (κ3) is 3.15. The minimum Gasteiger partial charge on any atom is -0.275 e. The summed E-state index contributed by atoms with van der Waals surface area (Å²) in [5, 5.41) is 4.76. The Morgan fingerprint density at radius 3 is 2.58 bits per heavy atom. The summed E-state index contributed by atoms with van der Waals surface area (Å²) in [5.41, 5.74) is 2.76. The molecule has 0 aliphatic carbocycles. The van der Waals surface area contributed by atoms with Gasteiger partial charge < -0.3 is 0 Å². The molecule has 0 N–H and O–H groups in total. The predicted molar refractivity (Wildman–Crippen MR) is 80.2 cm³/mol. The molecule has 0 saturated carbocycles. The van der Waals surface area contributed by atoms with Crippen LogP contribution in [-0.2, 0) is 13.5 Å². The van der Waals surface area contributed by atoms with Crippen LogP contribution in [0.4, 0.5) is 0 Å². The molecule has 0 aliphatic rings. The Hall–Kier alpha value is -0.940. The molecule has 4 nitrogen and oxygen atoms in total. The van der Waals surface area contributed by atoms with Crippen molar-refractivity contribution < 1.29 is 0 Å². The summed E-state index contributed by atoms with van der Waals surface area (Å²) in [4.78, 5) is 8.96. The largest absolute Gasteiger partial charge is 0.275 e. The Balaban J connectivity index is 2.53. The molecule has 2 aromatic rings. The molecule has 0 fully saturated rings. The van der Waals surface area contributed by atoms with E-state index < -0.39 is 0 Å². The molecule has 2 heterocycles. The third-order valence-electron chi connectivity index (χ3n) is 2.74. The van der Waals surface area contributed by atoms with E-state index >= 15 is 0 Å². The molecule has 0 radical (unpaired) electrons. The van der Waals surface area contributed by atoms with Gasteiger partial charge in [-0.05, 0) is 35.2 Å². The van der Waals surface area contributed by atoms with Crippen molar-refractivity contribution in [2.24, 2.45) is 13.0 Å². The molecule has 0 atom stereocenters. The number of rotatable bonds is 3. The third-order valence-corrected chi connectivity index (χ3v) is 4.07. The maximum atomic E-state index is 6.19. The zero-order valence-electron chi connectivity index (χ0n) is 11.4. The molecule has 2 rings (SSSR count). The summed E-state index contributed by atoms with van der Waals surface area (Å²) in [6, 6.07) is 0. The van der Waals surface area contributed by atoms with Gasteiger partial charge in [0.15, 0.2) is 5.82 Å². The molecule has 0 aliphatic heterocycles. The van der Waals surface area contributed by atoms with Crippen molar-refractivity contribution in [1.29, 1.82) is 0 Å². The minimum absolute atomic E-state index is 0.448. The maximum Gasteiger partial charge on any atom is 0.164 e. The van der Waals surface area contributed by atoms with Gasteiger partial charge in [0.2, 0.25) is 0 Å². The average molecular weight is 344 g/mol. The Kier molecular flexibility index (Phi) is 4.26. The van der Waals surface area contributed by atoms with Crippen LogP contribution in [0.15, 0.2) is 10.7 Å². The number of nitrogens with zero attached hydrogens (tertiary/aromatic N) is 4. The Labute approximate surface area is 126 Å². The first-order valence-corrected chi connectivity index (χ1v) is 7.28. The SMILES string of the molecule is Cc1nn(C)cc1-c1nc(Cl)c(Br)c(CC(C)C)n1. The summed E-state index contributed by atoms with van der Waals surface area (Å²) >= 11 is 9.65. The fourth-order valence-electron chi connectivity index (χ4n) is 1.92. The smallest absolute Gasteiger partial charge is 0.164 e. The van der Waals surface area contributed by atoms with Gasteiger partial charge in [-0.15, -0.1) is 0 Å². The highest BCUT2D eigenvalue weighted by molar-refractivity contribution is 9.10. The van der Waals surface area contributed by atoms with Crippen molar-refractivity contribution in [1.82, 2.24) is 19.7 Å². The average Bonchev–Trinajstić information content (AvgIpc) is 2.63. The Bertz CT molecular complexity index is 607. The van der Waals surface area contributed by atoms with Crippen LogP contribution in [-0.4, -0.2) is 19.7 Å². The van der Waals surface area contributed by atoms with E-state index in [1.54, 1.807) is 4.68 Å². The molecule has 19 heavy (non-hydrogen) atoms. The molecule has 2 aromatic heterocycles. The molecule has 6 heteroatoms. The zero-order valence-corrected chi connectivity index (χ0v) is 13.7. The fraction of sp³-hybridized carbons (Fsp3) is 0.462. The first kappa shape index (κ1) is 14.5. The van der Waals surface area contributed by atoms with Gasteiger partial charge in [-0.25, -0.2) is 9.97 Å². The van der Waals surface area contributed by atoms with Crippen LogP contribution < -0.4 is 0 Å². The molecule has 0 saturated heterocycles. The summed E-state index contributed by atoms with van der Waals surface area (Å²) in [6.45, 7) is 6.24. The molecule has 0 aromatic carbocycles. The highest BCUT2D eigenvalue weighted by Crippen LogP contribution is 2.29. The second-order valence-corrected chi connectivity index (χ2v) is 6.15. The standard InChI is InChI=1S/C13H16BrClN4/c1-7(2)5-10-11(14)12(15)17-13(16-10)9-6-19(4)18-8(9)3/h6-7H,5H2,1-4H3. The minimum atomic E-state index is 0.448. The maximum absolute atomic E-state index is 6.19. The van der Waals surface area contributed by atoms with E-state index in [0.29, 0.717) is 16.9 Å². The number of aryl methyl sites for hydroxylation is 2. The lowest BCUT2D eigenvalue weighted by molar-refractivity contribution is 0.632. The predicted octanol–water partition coefficient (Wildman–Crippen LogP) is 3.80. The van der Waals surface area contributed by atoms with E-state index in [1.807, 2.05) is 20.2 Å². The molecule has 102 valence electrons. The van der Waals surface area contributed by atoms with Crippen LogP contribution in [0.3, 0.4) is 0 Å². The van der Waals surface area contributed by atoms with Crippen molar-refractivity contribution in [2.75, 3.05) is 0 Å². The van der Waals surface area contributed by atoms with E-state index in [0.717, 1.165) is 27.8 Å². The molecule has 0 spiro atoms. The number of aromatic nitrogens is 4. The van der Waals surface area contributed by atoms with Crippen molar-refractivity contribution >= 4 is 27.5 Å². The fourth-order valence-corrected chi connectivity index (χ4v) is 2.45. The number of hydrogen-bond donors (Lipinski definition) is 0. The summed E-state index contributed by atoms with van der Waals surface area (Å²) in [7, 11) is 1.88. The van der Waals surface area contributed by atoms with Crippen molar-refractivity contribution in [3.05, 3.63) is 27.2 Å². The van der Waals surface area contributed by atoms with Crippen LogP contribution >= 0.6 is 27.5 Å². The lowest BCUT2D eigenvalue weighted by atomic mass is 10.1. The van der Waals surface area contributed by atoms with Gasteiger partial charge in [-0.1, -0.05) is 25.4 Å². The van der Waals surface area contributed by atoms with Gasteiger partial charge >= 0.3 is 0 Å². The van der Waals surface area contributed by atoms with Crippen molar-refractivity contribution in [3.8, 4) is 11.4 Å². The highest BCUT2D eigenvalue weighted by atomic mass is 79.9. The van der Waals surface area contributed by atoms with Gasteiger partial charge in [0.05, 0.1) is 21.4 Å². The van der Waals surface area contributed by atoms with Gasteiger partial charge in [0.1, 0.15) is 5.15 Å². The van der Waals surface area contributed by atoms with E-state index in [9.17, 15) is 0 Å². The van der Waals surface area contributed by atoms with Gasteiger partial charge in [-0.3, -0.25) is 4.68 Å². The first-order chi connectivity index (χ1) is 8.88. The van der Waals surface area contributed by atoms with E-state index in [-0.39, 0.29) is 0 Å². The normalized spacial score (nSPS) is 11.3. The van der Waals surface area contributed by atoms with Gasteiger partial charge in [-0.2, -0.15) is 5.10 Å². The van der Waals surface area contributed by atoms with Crippen molar-refractivity contribution in [3.63, 3.8) is 0 Å². The van der Waals surface area contributed by atoms with Crippen molar-refractivity contribution in [2.45, 2.75) is 27.2 Å². The zero-order chi connectivity index (χ0) is 14.2. The van der Waals surface area contributed by atoms with Crippen LogP contribution in [0, 0.1) is 12.8 Å². The van der Waals surface area contributed by atoms with E-state index in [2.05, 4.69) is 44.8 Å². The Morgan fingerprint density at radius 2 is 2.05 bits per heavy atom. The second kappa shape index (κ2) is 5.59. The quantitative estimate of drug-likeness (QED) is 0.796. The summed E-state index contributed by atoms with van der Waals surface area (Å²) in [6.07, 6.45) is 2.77. The molecule has 0 unspecified atom stereocenters. The van der Waals surface area contributed by atoms with Crippen LogP contribution in [0.25, 0.3) is 11.4 Å². The van der Waals surface area contributed by atoms with Crippen LogP contribution in [0.1, 0.15) is 25.2 Å². The highest BCUT2D eigenvalue weighted by Gasteiger charge is 2.16. The first-order valence-electron chi connectivity index (χ1n) is 6.11. The van der Waals surface area contributed by atoms with Gasteiger partial charge in [0, 0.05) is 13.2 Å². The van der Waals surface area contributed by atoms with Gasteiger partial charge in [0.25, 0.3) is 0 Å². The lowest BCUT2D eigenvalue weighted by Crippen LogP contribution is -2.03. The number of halogens is 2. The molecular weight excluding hydrogens is 328 g/mol. The monoisotopic (exact) mass is 342 g/mol. The van der Waals surface area contributed by atoms with Crippen LogP contribution in [0.2, 0.25) is 5.15 Å². The summed E-state index contributed by atoms with van der Waals surface area (Å²) in [5.74, 6) is 1.14. The lowest BCUT2D eigenvalue weighted by Gasteiger charge is -2.09.